The molecule has 1 heterocycles. The normalized spacial score (nSPS) is 13.1. The van der Waals surface area contributed by atoms with Crippen LogP contribution in [0.4, 0.5) is 0 Å². The number of ether oxygens (including phenoxy) is 1. The van der Waals surface area contributed by atoms with E-state index in [0.717, 1.165) is 41.8 Å². The lowest BCUT2D eigenvalue weighted by molar-refractivity contribution is 0.0709. The van der Waals surface area contributed by atoms with Crippen LogP contribution in [0.2, 0.25) is 0 Å². The molecule has 0 atom stereocenters. The Morgan fingerprint density at radius 3 is 3.05 bits per heavy atom. The van der Waals surface area contributed by atoms with Gasteiger partial charge in [0.1, 0.15) is 5.75 Å². The molecule has 4 heteroatoms. The van der Waals surface area contributed by atoms with Gasteiger partial charge in [0.15, 0.2) is 0 Å². The van der Waals surface area contributed by atoms with E-state index < -0.39 is 0 Å². The van der Waals surface area contributed by atoms with Gasteiger partial charge in [-0.05, 0) is 43.0 Å². The smallest absolute Gasteiger partial charge is 0.272 e. The Kier molecular flexibility index (Phi) is 4.45. The summed E-state index contributed by atoms with van der Waals surface area (Å²) >= 11 is 0. The van der Waals surface area contributed by atoms with Crippen LogP contribution >= 0.6 is 0 Å². The van der Waals surface area contributed by atoms with Crippen LogP contribution in [0.1, 0.15) is 35.2 Å². The number of benzene rings is 1. The van der Waals surface area contributed by atoms with Gasteiger partial charge in [0.05, 0.1) is 13.7 Å². The fraction of sp³-hybridized carbons (Fsp3) is 0.312. The maximum Gasteiger partial charge on any atom is 0.272 e. The van der Waals surface area contributed by atoms with Crippen molar-refractivity contribution in [2.24, 2.45) is 0 Å². The maximum atomic E-state index is 12.2. The Labute approximate surface area is 119 Å². The minimum absolute atomic E-state index is 0.0208. The van der Waals surface area contributed by atoms with Gasteiger partial charge in [0, 0.05) is 11.3 Å². The van der Waals surface area contributed by atoms with E-state index in [2.05, 4.69) is 18.6 Å². The first kappa shape index (κ1) is 14.2. The third-order valence-electron chi connectivity index (χ3n) is 3.30. The van der Waals surface area contributed by atoms with Crippen molar-refractivity contribution >= 4 is 5.91 Å². The molecule has 1 N–H and O–H groups in total. The molecule has 20 heavy (non-hydrogen) atoms. The monoisotopic (exact) mass is 272 g/mol. The highest BCUT2D eigenvalue weighted by Crippen LogP contribution is 2.26. The molecule has 1 amide bonds. The lowest BCUT2D eigenvalue weighted by Crippen LogP contribution is -2.37. The van der Waals surface area contributed by atoms with E-state index in [9.17, 15) is 4.79 Å². The van der Waals surface area contributed by atoms with Crippen molar-refractivity contribution in [3.63, 3.8) is 0 Å². The number of amides is 1. The molecule has 4 nitrogen and oxygen atoms in total. The number of nitrogens with one attached hydrogen (secondary N) is 1. The van der Waals surface area contributed by atoms with E-state index in [1.54, 1.807) is 24.3 Å². The van der Waals surface area contributed by atoms with E-state index >= 15 is 0 Å². The number of fused-ring (bicyclic) bond motifs is 1. The number of unbranched alkanes of at least 4 members (excludes halogenated alkanes) is 1. The number of methoxy groups -OCH3 is 1. The topological polar surface area (TPSA) is 41.6 Å². The molecule has 0 aromatic heterocycles. The van der Waals surface area contributed by atoms with Gasteiger partial charge in [0.2, 0.25) is 0 Å². The van der Waals surface area contributed by atoms with Crippen LogP contribution in [0, 0.1) is 0 Å². The zero-order valence-corrected chi connectivity index (χ0v) is 11.8. The number of nitrogens with zero attached hydrogens (tertiary/aromatic N) is 1. The number of hydrazine groups is 1. The van der Waals surface area contributed by atoms with Gasteiger partial charge in [-0.3, -0.25) is 4.79 Å². The van der Waals surface area contributed by atoms with Gasteiger partial charge < -0.3 is 10.2 Å². The molecule has 1 aliphatic rings. The third kappa shape index (κ3) is 3.02. The number of carbonyl (C=O) groups is 1. The summed E-state index contributed by atoms with van der Waals surface area (Å²) in [5.74, 6) is 0.746. The molecule has 0 saturated carbocycles. The van der Waals surface area contributed by atoms with Crippen LogP contribution in [0.5, 0.6) is 5.75 Å². The Morgan fingerprint density at radius 2 is 2.35 bits per heavy atom. The van der Waals surface area contributed by atoms with E-state index in [-0.39, 0.29) is 5.91 Å². The number of hydrogen-bond donors (Lipinski definition) is 1. The van der Waals surface area contributed by atoms with Crippen LogP contribution < -0.4 is 10.2 Å². The summed E-state index contributed by atoms with van der Waals surface area (Å²) in [6.07, 6.45) is 4.65. The highest BCUT2D eigenvalue weighted by Gasteiger charge is 2.27. The summed E-state index contributed by atoms with van der Waals surface area (Å²) in [7, 11) is 1.62. The number of rotatable bonds is 7. The first-order valence-electron chi connectivity index (χ1n) is 6.70. The van der Waals surface area contributed by atoms with Crippen molar-refractivity contribution < 1.29 is 9.53 Å². The fourth-order valence-corrected chi connectivity index (χ4v) is 2.22. The molecule has 106 valence electrons. The molecule has 0 radical (unpaired) electrons. The second-order valence-corrected chi connectivity index (χ2v) is 4.81. The minimum Gasteiger partial charge on any atom is -0.497 e. The summed E-state index contributed by atoms with van der Waals surface area (Å²) in [6, 6.07) is 5.51. The molecular formula is C16H20N2O2. The van der Waals surface area contributed by atoms with Crippen molar-refractivity contribution in [2.45, 2.75) is 25.8 Å². The quantitative estimate of drug-likeness (QED) is 0.613. The zero-order valence-electron chi connectivity index (χ0n) is 11.8. The molecule has 0 bridgehead atoms. The van der Waals surface area contributed by atoms with Gasteiger partial charge in [-0.25, -0.2) is 5.01 Å². The summed E-state index contributed by atoms with van der Waals surface area (Å²) < 4.78 is 5.18. The average Bonchev–Trinajstić information content (AvgIpc) is 2.75. The van der Waals surface area contributed by atoms with Crippen molar-refractivity contribution in [3.05, 3.63) is 54.3 Å². The number of hydrogen-bond acceptors (Lipinski definition) is 3. The number of carbonyl (C=O) groups excluding carboxylic acids is 1. The summed E-state index contributed by atoms with van der Waals surface area (Å²) in [6.45, 7) is 8.18. The lowest BCUT2D eigenvalue weighted by Gasteiger charge is -2.19. The number of allylic oxidation sites excluding steroid dienone is 2. The van der Waals surface area contributed by atoms with Gasteiger partial charge in [0.25, 0.3) is 5.91 Å². The van der Waals surface area contributed by atoms with Crippen molar-refractivity contribution in [1.29, 1.82) is 0 Å². The Morgan fingerprint density at radius 1 is 1.55 bits per heavy atom. The average molecular weight is 272 g/mol. The largest absolute Gasteiger partial charge is 0.497 e. The van der Waals surface area contributed by atoms with Crippen molar-refractivity contribution in [3.8, 4) is 5.75 Å². The SMILES string of the molecule is C=CCCCC(=C)NN1Cc2cc(OC)ccc2C1=O. The molecular weight excluding hydrogens is 252 g/mol. The summed E-state index contributed by atoms with van der Waals surface area (Å²) in [5.41, 5.74) is 5.63. The highest BCUT2D eigenvalue weighted by molar-refractivity contribution is 5.98. The second-order valence-electron chi connectivity index (χ2n) is 4.81. The molecule has 0 saturated heterocycles. The second kappa shape index (κ2) is 6.28. The van der Waals surface area contributed by atoms with Crippen molar-refractivity contribution in [1.82, 2.24) is 10.4 Å². The minimum atomic E-state index is -0.0208. The first-order valence-corrected chi connectivity index (χ1v) is 6.70. The lowest BCUT2D eigenvalue weighted by atomic mass is 10.1. The molecule has 1 aromatic rings. The predicted molar refractivity (Wildman–Crippen MR) is 79.2 cm³/mol. The van der Waals surface area contributed by atoms with Crippen LogP contribution in [0.15, 0.2) is 43.1 Å². The molecule has 0 unspecified atom stereocenters. The Hall–Kier alpha value is -2.23. The first-order chi connectivity index (χ1) is 9.65. The molecule has 0 spiro atoms. The third-order valence-corrected chi connectivity index (χ3v) is 3.30. The van der Waals surface area contributed by atoms with E-state index in [1.807, 2.05) is 12.1 Å². The molecule has 2 rings (SSSR count). The Balaban J connectivity index is 1.98. The molecule has 1 aromatic carbocycles. The van der Waals surface area contributed by atoms with Crippen LogP contribution in [0.25, 0.3) is 0 Å². The zero-order chi connectivity index (χ0) is 14.5. The predicted octanol–water partition coefficient (Wildman–Crippen LogP) is 3.03. The van der Waals surface area contributed by atoms with E-state index in [1.165, 1.54) is 0 Å². The van der Waals surface area contributed by atoms with E-state index in [4.69, 9.17) is 4.74 Å². The fourth-order valence-electron chi connectivity index (χ4n) is 2.22. The molecule has 0 aliphatic carbocycles. The van der Waals surface area contributed by atoms with Gasteiger partial charge in [-0.15, -0.1) is 6.58 Å². The summed E-state index contributed by atoms with van der Waals surface area (Å²) in [4.78, 5) is 12.2. The van der Waals surface area contributed by atoms with Crippen LogP contribution in [-0.4, -0.2) is 18.0 Å². The van der Waals surface area contributed by atoms with Gasteiger partial charge in [-0.1, -0.05) is 12.7 Å². The maximum absolute atomic E-state index is 12.2. The highest BCUT2D eigenvalue weighted by atomic mass is 16.5. The van der Waals surface area contributed by atoms with Crippen molar-refractivity contribution in [2.75, 3.05) is 7.11 Å². The van der Waals surface area contributed by atoms with E-state index in [0.29, 0.717) is 6.54 Å². The summed E-state index contributed by atoms with van der Waals surface area (Å²) in [5, 5.41) is 1.60. The standard InChI is InChI=1S/C16H20N2O2/c1-4-5-6-7-12(2)17-18-11-13-10-14(20-3)8-9-15(13)16(18)19/h4,8-10,17H,1-2,5-7,11H2,3H3. The van der Waals surface area contributed by atoms with Gasteiger partial charge >= 0.3 is 0 Å². The molecule has 0 fully saturated rings. The molecule has 1 aliphatic heterocycles. The van der Waals surface area contributed by atoms with Gasteiger partial charge in [-0.2, -0.15) is 0 Å². The van der Waals surface area contributed by atoms with Crippen LogP contribution in [0.3, 0.4) is 0 Å². The Bertz CT molecular complexity index is 537. The van der Waals surface area contributed by atoms with Crippen LogP contribution in [-0.2, 0) is 6.54 Å².